The lowest BCUT2D eigenvalue weighted by Gasteiger charge is -2.08. The van der Waals surface area contributed by atoms with Crippen LogP contribution in [0.25, 0.3) is 10.9 Å². The van der Waals surface area contributed by atoms with Crippen molar-refractivity contribution in [2.45, 2.75) is 19.6 Å². The number of aromatic nitrogens is 2. The van der Waals surface area contributed by atoms with Gasteiger partial charge >= 0.3 is 0 Å². The van der Waals surface area contributed by atoms with Gasteiger partial charge in [-0.3, -0.25) is 4.98 Å². The largest absolute Gasteiger partial charge is 0.390 e. The maximum absolute atomic E-state index is 11.2. The van der Waals surface area contributed by atoms with Crippen LogP contribution in [0.4, 0.5) is 0 Å². The summed E-state index contributed by atoms with van der Waals surface area (Å²) in [5, 5.41) is 10.4. The van der Waals surface area contributed by atoms with Crippen LogP contribution in [0.5, 0.6) is 0 Å². The summed E-state index contributed by atoms with van der Waals surface area (Å²) >= 11 is 3.46. The summed E-state index contributed by atoms with van der Waals surface area (Å²) < 4.78 is 25.1. The Kier molecular flexibility index (Phi) is 4.27. The average molecular weight is 347 g/mol. The number of pyridine rings is 1. The summed E-state index contributed by atoms with van der Waals surface area (Å²) in [4.78, 5) is 4.06. The van der Waals surface area contributed by atoms with E-state index in [0.29, 0.717) is 13.0 Å². The second kappa shape index (κ2) is 5.60. The van der Waals surface area contributed by atoms with E-state index in [2.05, 4.69) is 20.9 Å². The third-order valence-electron chi connectivity index (χ3n) is 2.95. The Morgan fingerprint density at radius 1 is 1.47 bits per heavy atom. The number of aliphatic hydroxyl groups is 1. The van der Waals surface area contributed by atoms with Crippen molar-refractivity contribution in [3.05, 3.63) is 28.6 Å². The van der Waals surface area contributed by atoms with Crippen LogP contribution >= 0.6 is 15.9 Å². The smallest absolute Gasteiger partial charge is 0.147 e. The van der Waals surface area contributed by atoms with Crippen LogP contribution in [0.15, 0.2) is 22.9 Å². The molecule has 0 radical (unpaired) electrons. The monoisotopic (exact) mass is 346 g/mol. The van der Waals surface area contributed by atoms with Gasteiger partial charge in [0.25, 0.3) is 0 Å². The number of aliphatic hydroxyl groups excluding tert-OH is 1. The van der Waals surface area contributed by atoms with E-state index < -0.39 is 9.84 Å². The molecule has 0 aliphatic rings. The van der Waals surface area contributed by atoms with Crippen molar-refractivity contribution in [3.8, 4) is 0 Å². The highest BCUT2D eigenvalue weighted by molar-refractivity contribution is 9.10. The molecule has 0 amide bonds. The lowest BCUT2D eigenvalue weighted by molar-refractivity contribution is 0.270. The first-order valence-corrected chi connectivity index (χ1v) is 8.68. The zero-order valence-electron chi connectivity index (χ0n) is 10.5. The normalized spacial score (nSPS) is 12.2. The van der Waals surface area contributed by atoms with E-state index in [1.165, 1.54) is 6.26 Å². The first-order chi connectivity index (χ1) is 8.94. The number of fused-ring (bicyclic) bond motifs is 1. The summed E-state index contributed by atoms with van der Waals surface area (Å²) in [6.07, 6.45) is 5.16. The summed E-state index contributed by atoms with van der Waals surface area (Å²) in [5.41, 5.74) is 1.69. The number of sulfone groups is 1. The maximum Gasteiger partial charge on any atom is 0.147 e. The molecular weight excluding hydrogens is 332 g/mol. The molecule has 0 saturated heterocycles. The minimum absolute atomic E-state index is 0.103. The number of hydrogen-bond acceptors (Lipinski definition) is 4. The van der Waals surface area contributed by atoms with Crippen molar-refractivity contribution >= 4 is 36.7 Å². The highest BCUT2D eigenvalue weighted by atomic mass is 79.9. The molecule has 0 atom stereocenters. The van der Waals surface area contributed by atoms with Crippen LogP contribution in [0.2, 0.25) is 0 Å². The molecule has 1 N–H and O–H groups in total. The number of aryl methyl sites for hydroxylation is 1. The highest BCUT2D eigenvalue weighted by Crippen LogP contribution is 2.30. The molecule has 5 nitrogen and oxygen atoms in total. The van der Waals surface area contributed by atoms with Crippen LogP contribution in [0.3, 0.4) is 0 Å². The molecule has 0 aliphatic carbocycles. The molecule has 7 heteroatoms. The fourth-order valence-electron chi connectivity index (χ4n) is 2.11. The van der Waals surface area contributed by atoms with Crippen LogP contribution in [-0.2, 0) is 23.0 Å². The number of rotatable bonds is 5. The van der Waals surface area contributed by atoms with Gasteiger partial charge in [-0.2, -0.15) is 0 Å². The minimum atomic E-state index is -2.96. The quantitative estimate of drug-likeness (QED) is 0.894. The van der Waals surface area contributed by atoms with E-state index in [1.807, 2.05) is 10.6 Å². The molecule has 0 unspecified atom stereocenters. The predicted octanol–water partition coefficient (Wildman–Crippen LogP) is 1.73. The fraction of sp³-hybridized carbons (Fsp3) is 0.417. The van der Waals surface area contributed by atoms with Gasteiger partial charge in [-0.25, -0.2) is 8.42 Å². The number of halogens is 1. The van der Waals surface area contributed by atoms with Gasteiger partial charge in [0, 0.05) is 30.6 Å². The third kappa shape index (κ3) is 3.16. The Labute approximate surface area is 120 Å². The van der Waals surface area contributed by atoms with E-state index in [9.17, 15) is 13.5 Å². The van der Waals surface area contributed by atoms with E-state index in [-0.39, 0.29) is 12.4 Å². The van der Waals surface area contributed by atoms with Gasteiger partial charge in [0.2, 0.25) is 0 Å². The molecule has 2 rings (SSSR count). The van der Waals surface area contributed by atoms with Gasteiger partial charge in [-0.15, -0.1) is 0 Å². The Bertz CT molecular complexity index is 694. The Balaban J connectivity index is 2.36. The molecule has 2 aromatic heterocycles. The zero-order chi connectivity index (χ0) is 14.0. The second-order valence-electron chi connectivity index (χ2n) is 4.45. The van der Waals surface area contributed by atoms with Crippen LogP contribution < -0.4 is 0 Å². The molecule has 104 valence electrons. The predicted molar refractivity (Wildman–Crippen MR) is 77.7 cm³/mol. The maximum atomic E-state index is 11.2. The molecule has 0 bridgehead atoms. The second-order valence-corrected chi connectivity index (χ2v) is 7.50. The van der Waals surface area contributed by atoms with Gasteiger partial charge in [-0.05, 0) is 28.4 Å². The lowest BCUT2D eigenvalue weighted by Crippen LogP contribution is -2.09. The number of hydrogen-bond donors (Lipinski definition) is 1. The van der Waals surface area contributed by atoms with E-state index in [4.69, 9.17) is 0 Å². The standard InChI is InChI=1S/C12H15BrN2O3S/c1-19(17,18)6-2-5-15-10-3-4-14-7-9(10)12(13)11(15)8-16/h3-4,7,16H,2,5-6,8H2,1H3. The van der Waals surface area contributed by atoms with E-state index >= 15 is 0 Å². The number of nitrogens with zero attached hydrogens (tertiary/aromatic N) is 2. The van der Waals surface area contributed by atoms with Gasteiger partial charge in [0.15, 0.2) is 0 Å². The van der Waals surface area contributed by atoms with Gasteiger partial charge < -0.3 is 9.67 Å². The Hall–Kier alpha value is -0.920. The summed E-state index contributed by atoms with van der Waals surface area (Å²) in [5.74, 6) is 0.139. The van der Waals surface area contributed by atoms with E-state index in [1.54, 1.807) is 12.4 Å². The van der Waals surface area contributed by atoms with Crippen molar-refractivity contribution in [3.63, 3.8) is 0 Å². The molecule has 2 aromatic rings. The first kappa shape index (κ1) is 14.5. The molecule has 0 aromatic carbocycles. The Morgan fingerprint density at radius 3 is 2.84 bits per heavy atom. The topological polar surface area (TPSA) is 72.2 Å². The lowest BCUT2D eigenvalue weighted by atomic mass is 10.3. The van der Waals surface area contributed by atoms with Gasteiger partial charge in [-0.1, -0.05) is 0 Å². The van der Waals surface area contributed by atoms with Crippen molar-refractivity contribution in [2.75, 3.05) is 12.0 Å². The van der Waals surface area contributed by atoms with Crippen molar-refractivity contribution < 1.29 is 13.5 Å². The van der Waals surface area contributed by atoms with Crippen LogP contribution in [0, 0.1) is 0 Å². The van der Waals surface area contributed by atoms with Crippen molar-refractivity contribution in [1.29, 1.82) is 0 Å². The molecule has 0 aliphatic heterocycles. The summed E-state index contributed by atoms with van der Waals surface area (Å²) in [7, 11) is -2.96. The minimum Gasteiger partial charge on any atom is -0.390 e. The summed E-state index contributed by atoms with van der Waals surface area (Å²) in [6, 6.07) is 1.86. The highest BCUT2D eigenvalue weighted by Gasteiger charge is 2.14. The molecule has 0 saturated carbocycles. The molecule has 0 fully saturated rings. The van der Waals surface area contributed by atoms with E-state index in [0.717, 1.165) is 21.1 Å². The van der Waals surface area contributed by atoms with Crippen LogP contribution in [0.1, 0.15) is 12.1 Å². The molecular formula is C12H15BrN2O3S. The third-order valence-corrected chi connectivity index (χ3v) is 4.87. The summed E-state index contributed by atoms with van der Waals surface area (Å²) in [6.45, 7) is 0.448. The average Bonchev–Trinajstić information content (AvgIpc) is 2.62. The fourth-order valence-corrected chi connectivity index (χ4v) is 3.40. The van der Waals surface area contributed by atoms with Gasteiger partial charge in [0.1, 0.15) is 9.84 Å². The van der Waals surface area contributed by atoms with Crippen molar-refractivity contribution in [1.82, 2.24) is 9.55 Å². The molecule has 19 heavy (non-hydrogen) atoms. The Morgan fingerprint density at radius 2 is 2.21 bits per heavy atom. The van der Waals surface area contributed by atoms with Crippen LogP contribution in [-0.4, -0.2) is 35.1 Å². The first-order valence-electron chi connectivity index (χ1n) is 5.83. The van der Waals surface area contributed by atoms with Crippen molar-refractivity contribution in [2.24, 2.45) is 0 Å². The SMILES string of the molecule is CS(=O)(=O)CCCn1c(CO)c(Br)c2cnccc21. The molecule has 2 heterocycles. The molecule has 0 spiro atoms. The van der Waals surface area contributed by atoms with Gasteiger partial charge in [0.05, 0.1) is 28.0 Å². The zero-order valence-corrected chi connectivity index (χ0v) is 12.9.